The number of likely N-dealkylation sites (N-methyl/N-ethyl adjacent to an activating group) is 1. The van der Waals surface area contributed by atoms with E-state index in [9.17, 15) is 4.79 Å². The molecule has 5 heteroatoms. The van der Waals surface area contributed by atoms with Crippen LogP contribution in [-0.2, 0) is 24.0 Å². The number of phenols is 1. The molecular formula is C11H16N2O2S. The second-order valence-electron chi connectivity index (χ2n) is 3.87. The fraction of sp³-hybridized carbons (Fsp3) is 0.364. The van der Waals surface area contributed by atoms with Crippen LogP contribution in [0.5, 0.6) is 5.75 Å². The molecule has 1 atom stereocenters. The van der Waals surface area contributed by atoms with Crippen molar-refractivity contribution in [3.63, 3.8) is 0 Å². The van der Waals surface area contributed by atoms with E-state index in [4.69, 9.17) is 5.11 Å². The Labute approximate surface area is 101 Å². The van der Waals surface area contributed by atoms with Gasteiger partial charge in [0.25, 0.3) is 0 Å². The summed E-state index contributed by atoms with van der Waals surface area (Å²) in [6.45, 7) is 0. The Balaban J connectivity index is 2.75. The van der Waals surface area contributed by atoms with Gasteiger partial charge >= 0.3 is 5.91 Å². The van der Waals surface area contributed by atoms with Crippen LogP contribution in [0.1, 0.15) is 5.56 Å². The number of nitrogens with zero attached hydrogens (tertiary/aromatic N) is 1. The lowest BCUT2D eigenvalue weighted by molar-refractivity contribution is -0.399. The van der Waals surface area contributed by atoms with Crippen LogP contribution in [0.2, 0.25) is 0 Å². The average Bonchev–Trinajstić information content (AvgIpc) is 2.27. The molecule has 16 heavy (non-hydrogen) atoms. The number of benzene rings is 1. The highest BCUT2D eigenvalue weighted by Gasteiger charge is 2.21. The fourth-order valence-electron chi connectivity index (χ4n) is 1.47. The van der Waals surface area contributed by atoms with Crippen molar-refractivity contribution in [3.05, 3.63) is 29.8 Å². The van der Waals surface area contributed by atoms with Crippen LogP contribution in [0.25, 0.3) is 0 Å². The van der Waals surface area contributed by atoms with Crippen molar-refractivity contribution in [1.29, 1.82) is 0 Å². The number of quaternary nitrogens is 1. The van der Waals surface area contributed by atoms with E-state index in [1.807, 2.05) is 31.1 Å². The SMILES string of the molecule is CN(C)[C@@H](Cc1ccc(O)cc1)C(=O)[NH2+][S-]. The lowest BCUT2D eigenvalue weighted by Crippen LogP contribution is -2.86. The van der Waals surface area contributed by atoms with Crippen LogP contribution in [0.3, 0.4) is 0 Å². The highest BCUT2D eigenvalue weighted by Crippen LogP contribution is 2.12. The van der Waals surface area contributed by atoms with Crippen molar-refractivity contribution >= 4 is 18.7 Å². The van der Waals surface area contributed by atoms with E-state index in [0.717, 1.165) is 5.56 Å². The summed E-state index contributed by atoms with van der Waals surface area (Å²) in [5.74, 6) is 0.166. The summed E-state index contributed by atoms with van der Waals surface area (Å²) in [7, 11) is 3.70. The Bertz CT molecular complexity index is 352. The molecule has 0 bridgehead atoms. The van der Waals surface area contributed by atoms with Gasteiger partial charge < -0.3 is 22.6 Å². The molecule has 0 aliphatic carbocycles. The maximum atomic E-state index is 11.6. The third-order valence-electron chi connectivity index (χ3n) is 2.43. The second kappa shape index (κ2) is 5.89. The Morgan fingerprint density at radius 2 is 2.00 bits per heavy atom. The van der Waals surface area contributed by atoms with E-state index >= 15 is 0 Å². The minimum Gasteiger partial charge on any atom is -0.508 e. The van der Waals surface area contributed by atoms with Crippen LogP contribution < -0.4 is 4.72 Å². The first-order valence-corrected chi connectivity index (χ1v) is 5.45. The minimum absolute atomic E-state index is 0.0620. The van der Waals surface area contributed by atoms with Gasteiger partial charge in [-0.1, -0.05) is 12.1 Å². The lowest BCUT2D eigenvalue weighted by atomic mass is 10.0. The number of hydrogen-bond acceptors (Lipinski definition) is 4. The molecule has 1 amide bonds. The molecule has 0 saturated heterocycles. The van der Waals surface area contributed by atoms with E-state index in [1.165, 1.54) is 4.72 Å². The fourth-order valence-corrected chi connectivity index (χ4v) is 1.63. The zero-order valence-corrected chi connectivity index (χ0v) is 10.2. The Kier molecular flexibility index (Phi) is 4.79. The summed E-state index contributed by atoms with van der Waals surface area (Å²) in [6, 6.07) is 6.61. The second-order valence-corrected chi connectivity index (χ2v) is 4.11. The molecule has 1 aromatic rings. The largest absolute Gasteiger partial charge is 0.508 e. The molecule has 0 radical (unpaired) electrons. The summed E-state index contributed by atoms with van der Waals surface area (Å²) in [5, 5.41) is 9.16. The van der Waals surface area contributed by atoms with Gasteiger partial charge in [0.05, 0.1) is 0 Å². The number of phenolic OH excluding ortho intramolecular Hbond substituents is 1. The van der Waals surface area contributed by atoms with Gasteiger partial charge in [-0.05, 0) is 31.8 Å². The van der Waals surface area contributed by atoms with Crippen LogP contribution in [0.15, 0.2) is 24.3 Å². The maximum absolute atomic E-state index is 11.6. The zero-order chi connectivity index (χ0) is 12.1. The normalized spacial score (nSPS) is 12.8. The van der Waals surface area contributed by atoms with Crippen LogP contribution in [0.4, 0.5) is 0 Å². The van der Waals surface area contributed by atoms with E-state index in [0.29, 0.717) is 6.42 Å². The molecule has 3 N–H and O–H groups in total. The van der Waals surface area contributed by atoms with Gasteiger partial charge in [0, 0.05) is 6.42 Å². The van der Waals surface area contributed by atoms with Crippen molar-refractivity contribution in [2.24, 2.45) is 0 Å². The van der Waals surface area contributed by atoms with Crippen LogP contribution in [-0.4, -0.2) is 36.1 Å². The number of nitrogens with two attached hydrogens (primary N) is 1. The minimum atomic E-state index is -0.234. The lowest BCUT2D eigenvalue weighted by Gasteiger charge is -2.21. The molecular weight excluding hydrogens is 224 g/mol. The highest BCUT2D eigenvalue weighted by molar-refractivity contribution is 7.51. The van der Waals surface area contributed by atoms with Crippen molar-refractivity contribution < 1.29 is 14.6 Å². The highest BCUT2D eigenvalue weighted by atomic mass is 32.1. The van der Waals surface area contributed by atoms with Crippen LogP contribution >= 0.6 is 0 Å². The van der Waals surface area contributed by atoms with Crippen molar-refractivity contribution in [1.82, 2.24) is 4.90 Å². The third-order valence-corrected chi connectivity index (χ3v) is 2.67. The molecule has 1 rings (SSSR count). The number of carbonyl (C=O) groups excluding carboxylic acids is 1. The van der Waals surface area contributed by atoms with Gasteiger partial charge in [0.15, 0.2) is 0 Å². The summed E-state index contributed by atoms with van der Waals surface area (Å²) < 4.78 is 1.19. The Morgan fingerprint density at radius 3 is 2.44 bits per heavy atom. The molecule has 0 unspecified atom stereocenters. The number of hydrogen-bond donors (Lipinski definition) is 2. The Hall–Kier alpha value is -1.04. The first-order chi connectivity index (χ1) is 7.54. The molecule has 1 aromatic carbocycles. The monoisotopic (exact) mass is 240 g/mol. The summed E-state index contributed by atoms with van der Waals surface area (Å²) in [5.41, 5.74) is 1.00. The molecule has 88 valence electrons. The van der Waals surface area contributed by atoms with E-state index in [-0.39, 0.29) is 17.7 Å². The topological polar surface area (TPSA) is 57.1 Å². The zero-order valence-electron chi connectivity index (χ0n) is 9.38. The van der Waals surface area contributed by atoms with E-state index in [1.54, 1.807) is 12.1 Å². The molecule has 0 heterocycles. The maximum Gasteiger partial charge on any atom is 0.310 e. The van der Waals surface area contributed by atoms with Crippen molar-refractivity contribution in [3.8, 4) is 5.75 Å². The standard InChI is InChI=1S/C11H16N2O2S/c1-13(2)10(11(15)12-16)7-8-3-5-9(14)6-4-8/h3-6,10,14H,7,12H2,1-2H3/t10-/m0/s1. The van der Waals surface area contributed by atoms with E-state index < -0.39 is 0 Å². The number of carbonyl (C=O) groups is 1. The van der Waals surface area contributed by atoms with Gasteiger partial charge in [-0.15, -0.1) is 0 Å². The number of aromatic hydroxyl groups is 1. The van der Waals surface area contributed by atoms with Crippen LogP contribution in [0, 0.1) is 0 Å². The first kappa shape index (κ1) is 13.0. The van der Waals surface area contributed by atoms with Gasteiger partial charge in [0.2, 0.25) is 0 Å². The first-order valence-electron chi connectivity index (χ1n) is 4.98. The van der Waals surface area contributed by atoms with Gasteiger partial charge in [-0.2, -0.15) is 0 Å². The molecule has 0 spiro atoms. The Morgan fingerprint density at radius 1 is 1.44 bits per heavy atom. The molecule has 4 nitrogen and oxygen atoms in total. The molecule has 0 aliphatic rings. The molecule has 0 fully saturated rings. The smallest absolute Gasteiger partial charge is 0.310 e. The third kappa shape index (κ3) is 3.52. The van der Waals surface area contributed by atoms with Crippen molar-refractivity contribution in [2.75, 3.05) is 14.1 Å². The number of amides is 1. The summed E-state index contributed by atoms with van der Waals surface area (Å²) in [4.78, 5) is 13.4. The molecule has 0 saturated carbocycles. The summed E-state index contributed by atoms with van der Waals surface area (Å²) >= 11 is 4.67. The predicted molar refractivity (Wildman–Crippen MR) is 63.6 cm³/mol. The average molecular weight is 240 g/mol. The van der Waals surface area contributed by atoms with Crippen molar-refractivity contribution in [2.45, 2.75) is 12.5 Å². The van der Waals surface area contributed by atoms with Gasteiger partial charge in [-0.25, -0.2) is 4.79 Å². The number of primary amides is 1. The summed E-state index contributed by atoms with van der Waals surface area (Å²) in [6.07, 6.45) is 0.596. The molecule has 0 aliphatic heterocycles. The molecule has 0 aromatic heterocycles. The van der Waals surface area contributed by atoms with Gasteiger partial charge in [0.1, 0.15) is 11.8 Å². The number of rotatable bonds is 4. The van der Waals surface area contributed by atoms with E-state index in [2.05, 4.69) is 12.8 Å². The predicted octanol–water partition coefficient (Wildman–Crippen LogP) is -0.583. The quantitative estimate of drug-likeness (QED) is 0.691. The van der Waals surface area contributed by atoms with Gasteiger partial charge in [-0.3, -0.25) is 4.90 Å².